The number of β-amino-alcohol motifs (C(OH)–C–C–N with tert-alkyl or cyclic N) is 1. The first kappa shape index (κ1) is 16.1. The summed E-state index contributed by atoms with van der Waals surface area (Å²) in [6, 6.07) is 2.69. The number of sulfonamides is 1. The molecule has 116 valence electrons. The van der Waals surface area contributed by atoms with Crippen LogP contribution in [0.25, 0.3) is 0 Å². The molecule has 1 fully saturated rings. The van der Waals surface area contributed by atoms with Gasteiger partial charge < -0.3 is 10.4 Å². The van der Waals surface area contributed by atoms with Crippen molar-refractivity contribution in [3.05, 3.63) is 33.3 Å². The summed E-state index contributed by atoms with van der Waals surface area (Å²) >= 11 is 5.68. The summed E-state index contributed by atoms with van der Waals surface area (Å²) in [6.45, 7) is 0.547. The minimum atomic E-state index is -4.11. The lowest BCUT2D eigenvalue weighted by molar-refractivity contribution is -0.387. The Hall–Kier alpha value is -1.26. The summed E-state index contributed by atoms with van der Waals surface area (Å²) in [6.07, 6.45) is -0.865. The van der Waals surface area contributed by atoms with Crippen LogP contribution in [-0.4, -0.2) is 55.0 Å². The van der Waals surface area contributed by atoms with Crippen LogP contribution >= 0.6 is 11.6 Å². The normalized spacial score (nSPS) is 22.7. The SMILES string of the molecule is CN([C@@H]1CNC[C@H]1O)S(=O)(=O)c1ccc(Cl)cc1[N+](=O)[O-]. The Morgan fingerprint density at radius 3 is 2.67 bits per heavy atom. The van der Waals surface area contributed by atoms with E-state index in [0.29, 0.717) is 0 Å². The molecule has 2 atom stereocenters. The summed E-state index contributed by atoms with van der Waals surface area (Å²) in [7, 11) is -2.83. The van der Waals surface area contributed by atoms with Gasteiger partial charge in [0.2, 0.25) is 10.0 Å². The van der Waals surface area contributed by atoms with Gasteiger partial charge in [-0.2, -0.15) is 4.31 Å². The van der Waals surface area contributed by atoms with Crippen LogP contribution in [0.1, 0.15) is 0 Å². The van der Waals surface area contributed by atoms with Crippen molar-refractivity contribution in [1.29, 1.82) is 0 Å². The van der Waals surface area contributed by atoms with Crippen molar-refractivity contribution < 1.29 is 18.4 Å². The molecular formula is C11H14ClN3O5S. The average Bonchev–Trinajstić information content (AvgIpc) is 2.83. The lowest BCUT2D eigenvalue weighted by Gasteiger charge is -2.25. The minimum absolute atomic E-state index is 0.0749. The molecule has 1 saturated heterocycles. The zero-order chi connectivity index (χ0) is 15.8. The van der Waals surface area contributed by atoms with E-state index in [1.165, 1.54) is 13.1 Å². The molecule has 1 aromatic rings. The Bertz CT molecular complexity index is 666. The number of aliphatic hydroxyl groups excluding tert-OH is 1. The van der Waals surface area contributed by atoms with Crippen LogP contribution < -0.4 is 5.32 Å². The number of halogens is 1. The van der Waals surface area contributed by atoms with Crippen molar-refractivity contribution in [2.24, 2.45) is 0 Å². The molecule has 0 aromatic heterocycles. The fraction of sp³-hybridized carbons (Fsp3) is 0.455. The predicted octanol–water partition coefficient (Wildman–Crippen LogP) is 0.201. The van der Waals surface area contributed by atoms with Crippen molar-refractivity contribution in [2.45, 2.75) is 17.0 Å². The Labute approximate surface area is 126 Å². The number of hydrogen-bond donors (Lipinski definition) is 2. The molecular weight excluding hydrogens is 322 g/mol. The number of nitro benzene ring substituents is 1. The zero-order valence-electron chi connectivity index (χ0n) is 11.1. The van der Waals surface area contributed by atoms with Crippen LogP contribution in [0.5, 0.6) is 0 Å². The third-order valence-electron chi connectivity index (χ3n) is 3.39. The molecule has 1 aliphatic heterocycles. The third kappa shape index (κ3) is 3.01. The monoisotopic (exact) mass is 335 g/mol. The van der Waals surface area contributed by atoms with Gasteiger partial charge in [-0.05, 0) is 12.1 Å². The van der Waals surface area contributed by atoms with Crippen LogP contribution in [-0.2, 0) is 10.0 Å². The van der Waals surface area contributed by atoms with Crippen LogP contribution in [0.15, 0.2) is 23.1 Å². The fourth-order valence-electron chi connectivity index (χ4n) is 2.21. The molecule has 2 N–H and O–H groups in total. The van der Waals surface area contributed by atoms with E-state index in [0.717, 1.165) is 16.4 Å². The van der Waals surface area contributed by atoms with Crippen molar-refractivity contribution in [1.82, 2.24) is 9.62 Å². The number of aliphatic hydroxyl groups is 1. The zero-order valence-corrected chi connectivity index (χ0v) is 12.6. The number of nitro groups is 1. The van der Waals surface area contributed by atoms with E-state index in [9.17, 15) is 23.6 Å². The molecule has 0 saturated carbocycles. The first-order valence-corrected chi connectivity index (χ1v) is 7.87. The second-order valence-corrected chi connectivity index (χ2v) is 7.09. The van der Waals surface area contributed by atoms with Gasteiger partial charge in [-0.25, -0.2) is 8.42 Å². The van der Waals surface area contributed by atoms with Gasteiger partial charge in [0.05, 0.1) is 17.1 Å². The largest absolute Gasteiger partial charge is 0.390 e. The van der Waals surface area contributed by atoms with Gasteiger partial charge >= 0.3 is 0 Å². The van der Waals surface area contributed by atoms with E-state index >= 15 is 0 Å². The summed E-state index contributed by atoms with van der Waals surface area (Å²) < 4.78 is 26.0. The number of rotatable bonds is 4. The second kappa shape index (κ2) is 5.85. The lowest BCUT2D eigenvalue weighted by atomic mass is 10.2. The van der Waals surface area contributed by atoms with Crippen LogP contribution in [0.2, 0.25) is 5.02 Å². The minimum Gasteiger partial charge on any atom is -0.390 e. The lowest BCUT2D eigenvalue weighted by Crippen LogP contribution is -2.44. The van der Waals surface area contributed by atoms with E-state index in [-0.39, 0.29) is 18.1 Å². The van der Waals surface area contributed by atoms with Gasteiger partial charge in [0, 0.05) is 31.2 Å². The Morgan fingerprint density at radius 2 is 2.14 bits per heavy atom. The van der Waals surface area contributed by atoms with E-state index in [2.05, 4.69) is 5.32 Å². The van der Waals surface area contributed by atoms with Crippen molar-refractivity contribution >= 4 is 27.3 Å². The van der Waals surface area contributed by atoms with Crippen molar-refractivity contribution in [3.8, 4) is 0 Å². The van der Waals surface area contributed by atoms with Crippen LogP contribution in [0.4, 0.5) is 5.69 Å². The summed E-state index contributed by atoms with van der Waals surface area (Å²) in [4.78, 5) is 9.79. The molecule has 0 spiro atoms. The average molecular weight is 336 g/mol. The van der Waals surface area contributed by atoms with E-state index in [1.54, 1.807) is 0 Å². The number of nitrogens with zero attached hydrogens (tertiary/aromatic N) is 2. The molecule has 0 unspecified atom stereocenters. The Balaban J connectivity index is 2.46. The topological polar surface area (TPSA) is 113 Å². The fourth-order valence-corrected chi connectivity index (χ4v) is 3.89. The number of likely N-dealkylation sites (N-methyl/N-ethyl adjacent to an activating group) is 1. The van der Waals surface area contributed by atoms with Crippen molar-refractivity contribution in [2.75, 3.05) is 20.1 Å². The maximum atomic E-state index is 12.5. The summed E-state index contributed by atoms with van der Waals surface area (Å²) in [5, 5.41) is 23.7. The van der Waals surface area contributed by atoms with Gasteiger partial charge in [-0.15, -0.1) is 0 Å². The molecule has 10 heteroatoms. The highest BCUT2D eigenvalue weighted by Gasteiger charge is 2.38. The van der Waals surface area contributed by atoms with E-state index in [4.69, 9.17) is 11.6 Å². The van der Waals surface area contributed by atoms with Gasteiger partial charge in [-0.3, -0.25) is 10.1 Å². The Morgan fingerprint density at radius 1 is 1.48 bits per heavy atom. The van der Waals surface area contributed by atoms with E-state index in [1.807, 2.05) is 0 Å². The molecule has 1 heterocycles. The number of benzene rings is 1. The van der Waals surface area contributed by atoms with Crippen LogP contribution in [0, 0.1) is 10.1 Å². The number of nitrogens with one attached hydrogen (secondary N) is 1. The molecule has 0 radical (unpaired) electrons. The molecule has 1 aromatic carbocycles. The first-order chi connectivity index (χ1) is 9.75. The summed E-state index contributed by atoms with van der Waals surface area (Å²) in [5.41, 5.74) is -0.588. The smallest absolute Gasteiger partial charge is 0.290 e. The molecule has 0 amide bonds. The highest BCUT2D eigenvalue weighted by molar-refractivity contribution is 7.89. The maximum Gasteiger partial charge on any atom is 0.290 e. The molecule has 1 aliphatic rings. The first-order valence-electron chi connectivity index (χ1n) is 6.06. The van der Waals surface area contributed by atoms with Crippen molar-refractivity contribution in [3.63, 3.8) is 0 Å². The molecule has 2 rings (SSSR count). The highest BCUT2D eigenvalue weighted by atomic mass is 35.5. The quantitative estimate of drug-likeness (QED) is 0.600. The van der Waals surface area contributed by atoms with Crippen LogP contribution in [0.3, 0.4) is 0 Å². The summed E-state index contributed by atoms with van der Waals surface area (Å²) in [5.74, 6) is 0. The Kier molecular flexibility index (Phi) is 4.49. The van der Waals surface area contributed by atoms with Gasteiger partial charge in [0.15, 0.2) is 4.90 Å². The molecule has 0 bridgehead atoms. The van der Waals surface area contributed by atoms with Gasteiger partial charge in [0.25, 0.3) is 5.69 Å². The standard InChI is InChI=1S/C11H14ClN3O5S/c1-14(9-5-13-6-10(9)16)21(19,20)11-3-2-7(12)4-8(11)15(17)18/h2-4,9-10,13,16H,5-6H2,1H3/t9-,10-/m1/s1. The number of hydrogen-bond acceptors (Lipinski definition) is 6. The molecule has 0 aliphatic carbocycles. The molecule has 8 nitrogen and oxygen atoms in total. The third-order valence-corrected chi connectivity index (χ3v) is 5.56. The maximum absolute atomic E-state index is 12.5. The van der Waals surface area contributed by atoms with Gasteiger partial charge in [0.1, 0.15) is 0 Å². The van der Waals surface area contributed by atoms with E-state index < -0.39 is 37.7 Å². The second-order valence-electron chi connectivity index (χ2n) is 4.68. The highest BCUT2D eigenvalue weighted by Crippen LogP contribution is 2.30. The molecule has 21 heavy (non-hydrogen) atoms. The predicted molar refractivity (Wildman–Crippen MR) is 75.7 cm³/mol. The van der Waals surface area contributed by atoms with Gasteiger partial charge in [-0.1, -0.05) is 11.6 Å².